The predicted molar refractivity (Wildman–Crippen MR) is 99.8 cm³/mol. The summed E-state index contributed by atoms with van der Waals surface area (Å²) in [5, 5.41) is 12.8. The SMILES string of the molecule is CN(C)C(=O)C1CCCN(c2ccc3nnc(-c4ccccc4F)n3n2)C1. The first kappa shape index (κ1) is 17.4. The van der Waals surface area contributed by atoms with Crippen LogP contribution in [-0.4, -0.2) is 57.8 Å². The summed E-state index contributed by atoms with van der Waals surface area (Å²) in [6.45, 7) is 1.44. The minimum absolute atomic E-state index is 0.0433. The Bertz CT molecular complexity index is 985. The van der Waals surface area contributed by atoms with Crippen molar-refractivity contribution in [2.24, 2.45) is 5.92 Å². The molecule has 1 aromatic carbocycles. The normalized spacial score (nSPS) is 17.3. The van der Waals surface area contributed by atoms with Crippen molar-refractivity contribution in [1.82, 2.24) is 24.7 Å². The third kappa shape index (κ3) is 3.22. The van der Waals surface area contributed by atoms with Gasteiger partial charge in [-0.25, -0.2) is 4.39 Å². The lowest BCUT2D eigenvalue weighted by molar-refractivity contribution is -0.133. The first-order chi connectivity index (χ1) is 13.0. The van der Waals surface area contributed by atoms with Crippen LogP contribution in [0.25, 0.3) is 17.0 Å². The first-order valence-electron chi connectivity index (χ1n) is 8.98. The molecule has 0 bridgehead atoms. The Balaban J connectivity index is 1.68. The number of carbonyl (C=O) groups is 1. The first-order valence-corrected chi connectivity index (χ1v) is 8.98. The summed E-state index contributed by atoms with van der Waals surface area (Å²) in [6, 6.07) is 10.1. The zero-order valence-corrected chi connectivity index (χ0v) is 15.3. The van der Waals surface area contributed by atoms with Gasteiger partial charge in [-0.2, -0.15) is 4.52 Å². The molecule has 0 radical (unpaired) electrons. The summed E-state index contributed by atoms with van der Waals surface area (Å²) in [5.41, 5.74) is 0.906. The van der Waals surface area contributed by atoms with Gasteiger partial charge >= 0.3 is 0 Å². The molecule has 140 valence electrons. The van der Waals surface area contributed by atoms with E-state index in [-0.39, 0.29) is 17.6 Å². The Kier molecular flexibility index (Phi) is 4.47. The number of hydrogen-bond donors (Lipinski definition) is 0. The second-order valence-corrected chi connectivity index (χ2v) is 6.98. The van der Waals surface area contributed by atoms with E-state index in [4.69, 9.17) is 0 Å². The molecule has 1 atom stereocenters. The van der Waals surface area contributed by atoms with E-state index in [1.807, 2.05) is 12.1 Å². The number of carbonyl (C=O) groups excluding carboxylic acids is 1. The molecule has 8 heteroatoms. The molecular weight excluding hydrogens is 347 g/mol. The summed E-state index contributed by atoms with van der Waals surface area (Å²) in [4.78, 5) is 16.1. The molecule has 0 N–H and O–H groups in total. The molecule has 1 amide bonds. The zero-order valence-electron chi connectivity index (χ0n) is 15.3. The summed E-state index contributed by atoms with van der Waals surface area (Å²) in [5.74, 6) is 0.822. The fourth-order valence-electron chi connectivity index (χ4n) is 3.51. The quantitative estimate of drug-likeness (QED) is 0.709. The molecule has 0 saturated carbocycles. The van der Waals surface area contributed by atoms with Crippen LogP contribution in [0.15, 0.2) is 36.4 Å². The molecule has 7 nitrogen and oxygen atoms in total. The smallest absolute Gasteiger partial charge is 0.226 e. The van der Waals surface area contributed by atoms with E-state index in [0.717, 1.165) is 25.2 Å². The fraction of sp³-hybridized carbons (Fsp3) is 0.368. The Morgan fingerprint density at radius 3 is 2.78 bits per heavy atom. The lowest BCUT2D eigenvalue weighted by Gasteiger charge is -2.33. The zero-order chi connectivity index (χ0) is 19.0. The average Bonchev–Trinajstić information content (AvgIpc) is 3.11. The molecular formula is C19H21FN6O. The number of anilines is 1. The van der Waals surface area contributed by atoms with E-state index < -0.39 is 0 Å². The third-order valence-corrected chi connectivity index (χ3v) is 4.90. The molecule has 27 heavy (non-hydrogen) atoms. The minimum Gasteiger partial charge on any atom is -0.354 e. The van der Waals surface area contributed by atoms with Crippen LogP contribution in [0.4, 0.5) is 10.2 Å². The highest BCUT2D eigenvalue weighted by molar-refractivity contribution is 5.79. The van der Waals surface area contributed by atoms with Crippen molar-refractivity contribution in [3.63, 3.8) is 0 Å². The van der Waals surface area contributed by atoms with Crippen LogP contribution in [0.1, 0.15) is 12.8 Å². The van der Waals surface area contributed by atoms with E-state index in [1.165, 1.54) is 6.07 Å². The molecule has 3 aromatic rings. The molecule has 2 aromatic heterocycles. The van der Waals surface area contributed by atoms with Crippen molar-refractivity contribution in [2.75, 3.05) is 32.1 Å². The topological polar surface area (TPSA) is 66.6 Å². The van der Waals surface area contributed by atoms with Gasteiger partial charge in [0, 0.05) is 27.2 Å². The van der Waals surface area contributed by atoms with Crippen LogP contribution in [0.2, 0.25) is 0 Å². The van der Waals surface area contributed by atoms with Crippen LogP contribution in [0.3, 0.4) is 0 Å². The summed E-state index contributed by atoms with van der Waals surface area (Å²) >= 11 is 0. The highest BCUT2D eigenvalue weighted by atomic mass is 19.1. The molecule has 0 aliphatic carbocycles. The molecule has 4 rings (SSSR count). The van der Waals surface area contributed by atoms with E-state index >= 15 is 0 Å². The number of aromatic nitrogens is 4. The number of nitrogens with zero attached hydrogens (tertiary/aromatic N) is 6. The Morgan fingerprint density at radius 2 is 2.00 bits per heavy atom. The lowest BCUT2D eigenvalue weighted by Crippen LogP contribution is -2.43. The van der Waals surface area contributed by atoms with Gasteiger partial charge in [-0.05, 0) is 37.1 Å². The second kappa shape index (κ2) is 6.94. The third-order valence-electron chi connectivity index (χ3n) is 4.90. The van der Waals surface area contributed by atoms with Gasteiger partial charge in [0.1, 0.15) is 11.6 Å². The standard InChI is InChI=1S/C19H21FN6O/c1-24(2)19(27)13-6-5-11-25(12-13)17-10-9-16-21-22-18(26(16)23-17)14-7-3-4-8-15(14)20/h3-4,7-10,13H,5-6,11-12H2,1-2H3. The molecule has 1 unspecified atom stereocenters. The molecule has 1 saturated heterocycles. The maximum Gasteiger partial charge on any atom is 0.226 e. The average molecular weight is 368 g/mol. The fourth-order valence-corrected chi connectivity index (χ4v) is 3.51. The van der Waals surface area contributed by atoms with Crippen LogP contribution < -0.4 is 4.90 Å². The predicted octanol–water partition coefficient (Wildman–Crippen LogP) is 2.24. The van der Waals surface area contributed by atoms with E-state index in [9.17, 15) is 9.18 Å². The summed E-state index contributed by atoms with van der Waals surface area (Å²) < 4.78 is 15.8. The number of amides is 1. The van der Waals surface area contributed by atoms with Crippen molar-refractivity contribution in [2.45, 2.75) is 12.8 Å². The van der Waals surface area contributed by atoms with Crippen molar-refractivity contribution in [3.05, 3.63) is 42.2 Å². The number of benzene rings is 1. The molecule has 1 fully saturated rings. The van der Waals surface area contributed by atoms with Crippen LogP contribution >= 0.6 is 0 Å². The molecule has 1 aliphatic rings. The number of halogens is 1. The van der Waals surface area contributed by atoms with E-state index in [0.29, 0.717) is 23.6 Å². The van der Waals surface area contributed by atoms with Gasteiger partial charge in [0.2, 0.25) is 5.91 Å². The van der Waals surface area contributed by atoms with E-state index in [2.05, 4.69) is 20.2 Å². The minimum atomic E-state index is -0.367. The molecule has 3 heterocycles. The van der Waals surface area contributed by atoms with Crippen molar-refractivity contribution < 1.29 is 9.18 Å². The van der Waals surface area contributed by atoms with Crippen LogP contribution in [0, 0.1) is 11.7 Å². The largest absolute Gasteiger partial charge is 0.354 e. The lowest BCUT2D eigenvalue weighted by atomic mass is 9.97. The molecule has 0 spiro atoms. The van der Waals surface area contributed by atoms with Gasteiger partial charge in [-0.1, -0.05) is 12.1 Å². The van der Waals surface area contributed by atoms with Gasteiger partial charge in [0.05, 0.1) is 11.5 Å². The Labute approximate surface area is 156 Å². The van der Waals surface area contributed by atoms with Crippen LogP contribution in [-0.2, 0) is 4.79 Å². The van der Waals surface area contributed by atoms with Crippen molar-refractivity contribution in [1.29, 1.82) is 0 Å². The number of piperidine rings is 1. The maximum absolute atomic E-state index is 14.2. The van der Waals surface area contributed by atoms with Crippen LogP contribution in [0.5, 0.6) is 0 Å². The summed E-state index contributed by atoms with van der Waals surface area (Å²) in [6.07, 6.45) is 1.80. The second-order valence-electron chi connectivity index (χ2n) is 6.98. The summed E-state index contributed by atoms with van der Waals surface area (Å²) in [7, 11) is 3.56. The van der Waals surface area contributed by atoms with Gasteiger partial charge < -0.3 is 9.80 Å². The van der Waals surface area contributed by atoms with Gasteiger partial charge in [0.25, 0.3) is 0 Å². The highest BCUT2D eigenvalue weighted by Crippen LogP contribution is 2.25. The number of fused-ring (bicyclic) bond motifs is 1. The maximum atomic E-state index is 14.2. The van der Waals surface area contributed by atoms with Gasteiger partial charge in [-0.3, -0.25) is 4.79 Å². The highest BCUT2D eigenvalue weighted by Gasteiger charge is 2.28. The Hall–Kier alpha value is -3.03. The Morgan fingerprint density at radius 1 is 1.19 bits per heavy atom. The number of rotatable bonds is 3. The van der Waals surface area contributed by atoms with Crippen molar-refractivity contribution >= 4 is 17.4 Å². The monoisotopic (exact) mass is 368 g/mol. The van der Waals surface area contributed by atoms with Gasteiger partial charge in [-0.15, -0.1) is 15.3 Å². The van der Waals surface area contributed by atoms with Crippen molar-refractivity contribution in [3.8, 4) is 11.4 Å². The van der Waals surface area contributed by atoms with E-state index in [1.54, 1.807) is 41.7 Å². The number of hydrogen-bond acceptors (Lipinski definition) is 5. The molecule has 1 aliphatic heterocycles. The van der Waals surface area contributed by atoms with Gasteiger partial charge in [0.15, 0.2) is 11.5 Å².